The minimum absolute atomic E-state index is 0. The number of nitrogens with one attached hydrogen (secondary N) is 1. The molecule has 2 aromatic rings. The number of esters is 3. The van der Waals surface area contributed by atoms with E-state index in [9.17, 15) is 14.4 Å². The monoisotopic (exact) mass is 919 g/mol. The smallest absolute Gasteiger partial charge is 0.337 e. The highest BCUT2D eigenvalue weighted by molar-refractivity contribution is 6.05. The molecule has 3 heterocycles. The lowest BCUT2D eigenvalue weighted by atomic mass is 9.84. The third-order valence-corrected chi connectivity index (χ3v) is 10.2. The highest BCUT2D eigenvalue weighted by Crippen LogP contribution is 2.33. The van der Waals surface area contributed by atoms with Crippen molar-refractivity contribution in [1.82, 2.24) is 5.32 Å². The van der Waals surface area contributed by atoms with E-state index in [4.69, 9.17) is 14.2 Å². The van der Waals surface area contributed by atoms with Gasteiger partial charge in [-0.15, -0.1) is 0 Å². The van der Waals surface area contributed by atoms with Crippen LogP contribution in [0.5, 0.6) is 0 Å². The van der Waals surface area contributed by atoms with Gasteiger partial charge in [-0.1, -0.05) is 142 Å². The van der Waals surface area contributed by atoms with Crippen molar-refractivity contribution >= 4 is 17.9 Å². The van der Waals surface area contributed by atoms with Crippen LogP contribution in [0.4, 0.5) is 0 Å². The molecule has 0 bridgehead atoms. The summed E-state index contributed by atoms with van der Waals surface area (Å²) >= 11 is 0. The number of allylic oxidation sites excluding steroid dienone is 2. The highest BCUT2D eigenvalue weighted by Gasteiger charge is 2.45. The van der Waals surface area contributed by atoms with Crippen LogP contribution < -0.4 is 48.4 Å². The Morgan fingerprint density at radius 2 is 0.825 bits per heavy atom. The lowest BCUT2D eigenvalue weighted by Crippen LogP contribution is -3.00. The molecule has 0 fully saturated rings. The summed E-state index contributed by atoms with van der Waals surface area (Å²) in [4.78, 5) is 42.3. The van der Waals surface area contributed by atoms with Crippen LogP contribution in [0, 0.1) is 5.92 Å². The van der Waals surface area contributed by atoms with Gasteiger partial charge in [0.2, 0.25) is 0 Å². The fourth-order valence-electron chi connectivity index (χ4n) is 7.11. The van der Waals surface area contributed by atoms with Gasteiger partial charge >= 0.3 is 17.9 Å². The van der Waals surface area contributed by atoms with Crippen LogP contribution >= 0.6 is 0 Å². The fourth-order valence-corrected chi connectivity index (χ4v) is 7.11. The Morgan fingerprint density at radius 3 is 1.16 bits per heavy atom. The molecule has 0 saturated heterocycles. The number of aromatic nitrogens is 2. The molecule has 0 atom stereocenters. The molecule has 2 aromatic heterocycles. The van der Waals surface area contributed by atoms with Gasteiger partial charge < -0.3 is 53.5 Å². The summed E-state index contributed by atoms with van der Waals surface area (Å²) in [7, 11) is 0. The first-order valence-electron chi connectivity index (χ1n) is 21.6. The number of ether oxygens (including phenoxy) is 3. The van der Waals surface area contributed by atoms with Gasteiger partial charge in [0.1, 0.15) is 5.92 Å². The van der Waals surface area contributed by atoms with E-state index in [-0.39, 0.29) is 78.0 Å². The predicted molar refractivity (Wildman–Crippen MR) is 216 cm³/mol. The average Bonchev–Trinajstić information content (AvgIpc) is 3.19. The summed E-state index contributed by atoms with van der Waals surface area (Å²) in [5.74, 6) is -3.23. The Hall–Kier alpha value is -3.05. The van der Waals surface area contributed by atoms with Crippen LogP contribution in [0.3, 0.4) is 0 Å². The molecule has 0 amide bonds. The van der Waals surface area contributed by atoms with Crippen molar-refractivity contribution in [1.29, 1.82) is 0 Å². The Kier molecular flexibility index (Phi) is 30.0. The predicted octanol–water partition coefficient (Wildman–Crippen LogP) is 3.19. The second kappa shape index (κ2) is 32.9. The van der Waals surface area contributed by atoms with Gasteiger partial charge in [0, 0.05) is 24.3 Å². The molecule has 0 spiro atoms. The van der Waals surface area contributed by atoms with Crippen LogP contribution in [0.1, 0.15) is 149 Å². The summed E-state index contributed by atoms with van der Waals surface area (Å²) in [5.41, 5.74) is 1.16. The molecule has 0 unspecified atom stereocenters. The van der Waals surface area contributed by atoms with Gasteiger partial charge in [0.05, 0.1) is 42.4 Å². The standard InChI is InChI=1S/C46H70N3O6.2BrH/c1-4-7-9-11-13-15-17-19-21-29-35-54-44(50)41-39(37-48-31-25-23-26-32-48)47-40(38-49-33-27-24-28-34-49)42(43(41)46(52)53-6-3)45(51)55-36-30-22-20-18-16-14-12-10-8-5-2;;/h23-28,31-34,43H,4-22,29-30,35-38H2,1-3H3;2*1H/q+1;;/p-1. The van der Waals surface area contributed by atoms with Crippen LogP contribution in [0.25, 0.3) is 0 Å². The van der Waals surface area contributed by atoms with Gasteiger partial charge in [-0.2, -0.15) is 9.13 Å². The lowest BCUT2D eigenvalue weighted by molar-refractivity contribution is -0.692. The van der Waals surface area contributed by atoms with Gasteiger partial charge in [-0.05, 0) is 19.8 Å². The first kappa shape index (κ1) is 52.0. The second-order valence-electron chi connectivity index (χ2n) is 14.8. The molecule has 0 aliphatic carbocycles. The van der Waals surface area contributed by atoms with Gasteiger partial charge in [-0.25, -0.2) is 9.59 Å². The van der Waals surface area contributed by atoms with E-state index in [1.165, 1.54) is 89.9 Å². The molecule has 0 saturated carbocycles. The molecule has 0 aromatic carbocycles. The Labute approximate surface area is 365 Å². The van der Waals surface area contributed by atoms with Crippen molar-refractivity contribution in [3.8, 4) is 0 Å². The van der Waals surface area contributed by atoms with Gasteiger partial charge in [0.25, 0.3) is 0 Å². The van der Waals surface area contributed by atoms with Gasteiger partial charge in [0.15, 0.2) is 37.9 Å². The molecule has 1 N–H and O–H groups in total. The van der Waals surface area contributed by atoms with Crippen molar-refractivity contribution in [2.24, 2.45) is 5.92 Å². The molecular weight excluding hydrogens is 850 g/mol. The molecule has 0 radical (unpaired) electrons. The van der Waals surface area contributed by atoms with Crippen molar-refractivity contribution in [3.63, 3.8) is 0 Å². The maximum absolute atomic E-state index is 14.2. The molecule has 11 heteroatoms. The summed E-state index contributed by atoms with van der Waals surface area (Å²) in [6, 6.07) is 11.5. The Bertz CT molecular complexity index is 1360. The SMILES string of the molecule is CCCCCCCCCCCCOC(=O)C1=C(C[n+]2ccccc2)NC(C[n+]2ccccc2)=C(C(=O)OCCCCCCCCCCCC)C1C(=O)OCC.[Br-].[Br-]. The lowest BCUT2D eigenvalue weighted by Gasteiger charge is -2.29. The minimum atomic E-state index is -1.31. The number of carbonyl (C=O) groups excluding carboxylic acids is 3. The third kappa shape index (κ3) is 20.5. The average molecular weight is 922 g/mol. The fraction of sp³-hybridized carbons (Fsp3) is 0.630. The molecule has 1 aliphatic rings. The molecule has 320 valence electrons. The zero-order valence-corrected chi connectivity index (χ0v) is 38.3. The van der Waals surface area contributed by atoms with Crippen molar-refractivity contribution in [2.75, 3.05) is 19.8 Å². The van der Waals surface area contributed by atoms with Crippen LogP contribution in [-0.4, -0.2) is 37.7 Å². The highest BCUT2D eigenvalue weighted by atomic mass is 79.9. The van der Waals surface area contributed by atoms with E-state index in [2.05, 4.69) is 19.2 Å². The first-order chi connectivity index (χ1) is 27.0. The van der Waals surface area contributed by atoms with E-state index in [1.807, 2.05) is 70.3 Å². The van der Waals surface area contributed by atoms with Crippen molar-refractivity contribution in [3.05, 3.63) is 83.7 Å². The second-order valence-corrected chi connectivity index (χ2v) is 14.8. The number of carbonyl (C=O) groups is 3. The largest absolute Gasteiger partial charge is 1.00 e. The Balaban J connectivity index is 0.00000812. The first-order valence-corrected chi connectivity index (χ1v) is 21.6. The number of nitrogens with zero attached hydrogens (tertiary/aromatic N) is 2. The van der Waals surface area contributed by atoms with Crippen LogP contribution in [0.15, 0.2) is 83.7 Å². The zero-order valence-electron chi connectivity index (χ0n) is 35.1. The molecule has 9 nitrogen and oxygen atoms in total. The molecular formula is C46H71Br2N3O6. The molecule has 57 heavy (non-hydrogen) atoms. The number of hydrogen-bond donors (Lipinski definition) is 1. The zero-order chi connectivity index (χ0) is 39.4. The number of rotatable bonds is 30. The molecule has 1 aliphatic heterocycles. The van der Waals surface area contributed by atoms with Crippen LogP contribution in [-0.2, 0) is 41.7 Å². The van der Waals surface area contributed by atoms with Crippen molar-refractivity contribution < 1.29 is 71.7 Å². The number of pyridine rings is 2. The van der Waals surface area contributed by atoms with E-state index >= 15 is 0 Å². The normalized spacial score (nSPS) is 12.7. The quantitative estimate of drug-likeness (QED) is 0.0557. The van der Waals surface area contributed by atoms with Gasteiger partial charge in [-0.3, -0.25) is 4.79 Å². The number of dihydropyridines is 1. The summed E-state index contributed by atoms with van der Waals surface area (Å²) in [5, 5.41) is 3.43. The minimum Gasteiger partial charge on any atom is -1.00 e. The molecule has 3 rings (SSSR count). The number of hydrogen-bond acceptors (Lipinski definition) is 7. The van der Waals surface area contributed by atoms with E-state index < -0.39 is 23.8 Å². The number of halogens is 2. The summed E-state index contributed by atoms with van der Waals surface area (Å²) in [6.45, 7) is 7.26. The number of unbranched alkanes of at least 4 members (excludes halogenated alkanes) is 18. The topological polar surface area (TPSA) is 98.7 Å². The maximum atomic E-state index is 14.2. The Morgan fingerprint density at radius 1 is 0.491 bits per heavy atom. The van der Waals surface area contributed by atoms with E-state index in [0.29, 0.717) is 11.4 Å². The summed E-state index contributed by atoms with van der Waals surface area (Å²) < 4.78 is 21.2. The van der Waals surface area contributed by atoms with E-state index in [0.717, 1.165) is 38.5 Å². The third-order valence-electron chi connectivity index (χ3n) is 10.2. The summed E-state index contributed by atoms with van der Waals surface area (Å²) in [6.07, 6.45) is 30.9. The van der Waals surface area contributed by atoms with E-state index in [1.54, 1.807) is 6.92 Å². The maximum Gasteiger partial charge on any atom is 0.337 e. The van der Waals surface area contributed by atoms with Crippen LogP contribution in [0.2, 0.25) is 0 Å². The van der Waals surface area contributed by atoms with Crippen molar-refractivity contribution in [2.45, 2.75) is 162 Å².